The number of rotatable bonds is 6. The number of amides is 1. The van der Waals surface area contributed by atoms with Crippen LogP contribution in [0.5, 0.6) is 11.5 Å². The lowest BCUT2D eigenvalue weighted by Gasteiger charge is -2.28. The maximum atomic E-state index is 13.6. The van der Waals surface area contributed by atoms with Gasteiger partial charge in [0.1, 0.15) is 0 Å². The van der Waals surface area contributed by atoms with E-state index >= 15 is 0 Å². The minimum atomic E-state index is 0.0269. The fourth-order valence-electron chi connectivity index (χ4n) is 5.70. The quantitative estimate of drug-likeness (QED) is 0.504. The van der Waals surface area contributed by atoms with E-state index in [9.17, 15) is 4.79 Å². The molecule has 1 aliphatic carbocycles. The molecule has 2 aromatic carbocycles. The summed E-state index contributed by atoms with van der Waals surface area (Å²) < 4.78 is 13.1. The molecule has 0 radical (unpaired) electrons. The van der Waals surface area contributed by atoms with Crippen molar-refractivity contribution in [2.45, 2.75) is 45.1 Å². The van der Waals surface area contributed by atoms with E-state index in [4.69, 9.17) is 9.47 Å². The number of carbonyl (C=O) groups excluding carboxylic acids is 1. The van der Waals surface area contributed by atoms with Crippen LogP contribution in [0.15, 0.2) is 53.6 Å². The van der Waals surface area contributed by atoms with Gasteiger partial charge in [-0.25, -0.2) is 0 Å². The van der Waals surface area contributed by atoms with E-state index in [2.05, 4.69) is 53.8 Å². The number of nitrogens with zero attached hydrogens (tertiary/aromatic N) is 2. The highest BCUT2D eigenvalue weighted by Crippen LogP contribution is 2.47. The molecular weight excluding hydrogens is 412 g/mol. The molecule has 0 spiro atoms. The Morgan fingerprint density at radius 1 is 1.00 bits per heavy atom. The molecule has 5 nitrogen and oxygen atoms in total. The fourth-order valence-corrected chi connectivity index (χ4v) is 5.70. The Hall–Kier alpha value is -3.21. The second-order valence-corrected chi connectivity index (χ2v) is 9.13. The first-order valence-corrected chi connectivity index (χ1v) is 11.8. The number of hydrogen-bond donors (Lipinski definition) is 0. The topological polar surface area (TPSA) is 43.7 Å². The largest absolute Gasteiger partial charge is 0.493 e. The summed E-state index contributed by atoms with van der Waals surface area (Å²) in [7, 11) is 5.43. The number of para-hydroxylation sites is 1. The maximum Gasteiger partial charge on any atom is 0.250 e. The minimum Gasteiger partial charge on any atom is -0.493 e. The molecule has 0 N–H and O–H groups in total. The second kappa shape index (κ2) is 8.62. The lowest BCUT2D eigenvalue weighted by atomic mass is 9.86. The Labute approximate surface area is 195 Å². The number of carbonyl (C=O) groups is 1. The van der Waals surface area contributed by atoms with Crippen molar-refractivity contribution in [2.24, 2.45) is 7.05 Å². The van der Waals surface area contributed by atoms with E-state index < -0.39 is 0 Å². The van der Waals surface area contributed by atoms with Crippen LogP contribution in [0.1, 0.15) is 48.5 Å². The summed E-state index contributed by atoms with van der Waals surface area (Å²) in [4.78, 5) is 15.8. The van der Waals surface area contributed by atoms with Crippen LogP contribution >= 0.6 is 0 Å². The van der Waals surface area contributed by atoms with Gasteiger partial charge in [0.25, 0.3) is 5.91 Å². The van der Waals surface area contributed by atoms with Gasteiger partial charge in [-0.1, -0.05) is 24.3 Å². The number of methoxy groups -OCH3 is 2. The summed E-state index contributed by atoms with van der Waals surface area (Å²) in [6.45, 7) is 2.86. The standard InChI is InChI=1S/C28H32N2O3/c1-18-26(22-11-7-8-12-23(22)29(18)2)27-20-9-5-6-10-21(20)28(31)30(27)16-15-19-13-14-24(32-3)25(17-19)33-4/h7-8,11-14,17,27H,5-6,9-10,15-16H2,1-4H3/t27-/m1/s1. The highest BCUT2D eigenvalue weighted by molar-refractivity contribution is 5.99. The number of benzene rings is 2. The van der Waals surface area contributed by atoms with Gasteiger partial charge in [-0.2, -0.15) is 0 Å². The van der Waals surface area contributed by atoms with Gasteiger partial charge in [-0.3, -0.25) is 4.79 Å². The van der Waals surface area contributed by atoms with Crippen LogP contribution in [-0.4, -0.2) is 36.1 Å². The molecule has 5 heteroatoms. The SMILES string of the molecule is COc1ccc(CCN2C(=O)C3=C(CCCC3)[C@@H]2c2c(C)n(C)c3ccccc23)cc1OC. The molecule has 2 aliphatic rings. The Balaban J connectivity index is 1.53. The average Bonchev–Trinajstić information content (AvgIpc) is 3.27. The summed E-state index contributed by atoms with van der Waals surface area (Å²) in [6.07, 6.45) is 4.96. The summed E-state index contributed by atoms with van der Waals surface area (Å²) in [5.74, 6) is 1.67. The van der Waals surface area contributed by atoms with Gasteiger partial charge < -0.3 is 18.9 Å². The maximum absolute atomic E-state index is 13.6. The third-order valence-corrected chi connectivity index (χ3v) is 7.48. The smallest absolute Gasteiger partial charge is 0.250 e. The number of aromatic nitrogens is 1. The third kappa shape index (κ3) is 3.50. The summed E-state index contributed by atoms with van der Waals surface area (Å²) in [5.41, 5.74) is 7.30. The van der Waals surface area contributed by atoms with Gasteiger partial charge >= 0.3 is 0 Å². The molecule has 0 bridgehead atoms. The van der Waals surface area contributed by atoms with Crippen molar-refractivity contribution in [3.63, 3.8) is 0 Å². The first kappa shape index (κ1) is 21.6. The van der Waals surface area contributed by atoms with Crippen molar-refractivity contribution in [1.82, 2.24) is 9.47 Å². The first-order valence-electron chi connectivity index (χ1n) is 11.8. The second-order valence-electron chi connectivity index (χ2n) is 9.13. The van der Waals surface area contributed by atoms with Crippen molar-refractivity contribution in [2.75, 3.05) is 20.8 Å². The van der Waals surface area contributed by atoms with Crippen molar-refractivity contribution in [3.8, 4) is 11.5 Å². The third-order valence-electron chi connectivity index (χ3n) is 7.48. The Bertz CT molecular complexity index is 1250. The van der Waals surface area contributed by atoms with E-state index in [0.717, 1.165) is 54.7 Å². The predicted molar refractivity (Wildman–Crippen MR) is 131 cm³/mol. The van der Waals surface area contributed by atoms with Gasteiger partial charge in [-0.05, 0) is 68.4 Å². The Morgan fingerprint density at radius 3 is 2.55 bits per heavy atom. The minimum absolute atomic E-state index is 0.0269. The lowest BCUT2D eigenvalue weighted by Crippen LogP contribution is -2.32. The number of aryl methyl sites for hydroxylation is 1. The van der Waals surface area contributed by atoms with Crippen molar-refractivity contribution < 1.29 is 14.3 Å². The summed E-state index contributed by atoms with van der Waals surface area (Å²) in [6, 6.07) is 14.6. The van der Waals surface area contributed by atoms with E-state index in [1.54, 1.807) is 14.2 Å². The monoisotopic (exact) mass is 444 g/mol. The number of hydrogen-bond acceptors (Lipinski definition) is 3. The van der Waals surface area contributed by atoms with Crippen LogP contribution in [0, 0.1) is 6.92 Å². The summed E-state index contributed by atoms with van der Waals surface area (Å²) >= 11 is 0. The van der Waals surface area contributed by atoms with Crippen LogP contribution in [-0.2, 0) is 18.3 Å². The molecule has 172 valence electrons. The zero-order chi connectivity index (χ0) is 23.1. The molecule has 1 amide bonds. The molecule has 1 aliphatic heterocycles. The molecule has 2 heterocycles. The molecule has 0 saturated heterocycles. The molecule has 3 aromatic rings. The van der Waals surface area contributed by atoms with Crippen molar-refractivity contribution in [3.05, 3.63) is 70.4 Å². The Kier molecular flexibility index (Phi) is 5.65. The van der Waals surface area contributed by atoms with Gasteiger partial charge in [-0.15, -0.1) is 0 Å². The molecule has 0 unspecified atom stereocenters. The van der Waals surface area contributed by atoms with Gasteiger partial charge in [0.2, 0.25) is 0 Å². The Morgan fingerprint density at radius 2 is 1.76 bits per heavy atom. The van der Waals surface area contributed by atoms with Gasteiger partial charge in [0.05, 0.1) is 20.3 Å². The van der Waals surface area contributed by atoms with E-state index in [-0.39, 0.29) is 11.9 Å². The molecule has 0 saturated carbocycles. The van der Waals surface area contributed by atoms with Gasteiger partial charge in [0.15, 0.2) is 11.5 Å². The fraction of sp³-hybridized carbons (Fsp3) is 0.393. The van der Waals surface area contributed by atoms with E-state index in [0.29, 0.717) is 6.54 Å². The average molecular weight is 445 g/mol. The molecule has 1 atom stereocenters. The highest BCUT2D eigenvalue weighted by Gasteiger charge is 2.42. The highest BCUT2D eigenvalue weighted by atomic mass is 16.5. The van der Waals surface area contributed by atoms with Crippen LogP contribution in [0.4, 0.5) is 0 Å². The lowest BCUT2D eigenvalue weighted by molar-refractivity contribution is -0.127. The number of fused-ring (bicyclic) bond motifs is 1. The predicted octanol–water partition coefficient (Wildman–Crippen LogP) is 5.50. The van der Waals surface area contributed by atoms with Crippen molar-refractivity contribution in [1.29, 1.82) is 0 Å². The molecular formula is C28H32N2O3. The van der Waals surface area contributed by atoms with Crippen LogP contribution in [0.3, 0.4) is 0 Å². The van der Waals surface area contributed by atoms with E-state index in [1.165, 1.54) is 27.7 Å². The molecule has 0 fully saturated rings. The zero-order valence-electron chi connectivity index (χ0n) is 20.0. The molecule has 1 aromatic heterocycles. The van der Waals surface area contributed by atoms with Crippen LogP contribution in [0.2, 0.25) is 0 Å². The van der Waals surface area contributed by atoms with Crippen LogP contribution < -0.4 is 9.47 Å². The van der Waals surface area contributed by atoms with Crippen molar-refractivity contribution >= 4 is 16.8 Å². The molecule has 33 heavy (non-hydrogen) atoms. The summed E-state index contributed by atoms with van der Waals surface area (Å²) in [5, 5.41) is 1.26. The number of ether oxygens (including phenoxy) is 2. The zero-order valence-corrected chi connectivity index (χ0v) is 20.0. The molecule has 5 rings (SSSR count). The first-order chi connectivity index (χ1) is 16.0. The normalized spacial score (nSPS) is 18.2. The van der Waals surface area contributed by atoms with Gasteiger partial charge in [0, 0.05) is 41.3 Å². The van der Waals surface area contributed by atoms with E-state index in [1.807, 2.05) is 12.1 Å². The van der Waals surface area contributed by atoms with Crippen LogP contribution in [0.25, 0.3) is 10.9 Å².